The van der Waals surface area contributed by atoms with E-state index < -0.39 is 5.82 Å². The Labute approximate surface area is 193 Å². The average molecular weight is 446 g/mol. The summed E-state index contributed by atoms with van der Waals surface area (Å²) in [5, 5.41) is 3.01. The SMILES string of the molecule is Cc1ccc(CNC(=O)c2ccc(C)nc2C2CCN(C(=O)c3cccc(F)c3)CC2)cc1. The molecule has 1 fully saturated rings. The van der Waals surface area contributed by atoms with Crippen LogP contribution in [-0.4, -0.2) is 34.8 Å². The van der Waals surface area contributed by atoms with Gasteiger partial charge in [0.15, 0.2) is 0 Å². The second kappa shape index (κ2) is 9.94. The number of nitrogens with zero attached hydrogens (tertiary/aromatic N) is 2. The minimum Gasteiger partial charge on any atom is -0.348 e. The summed E-state index contributed by atoms with van der Waals surface area (Å²) in [5.41, 5.74) is 4.81. The third kappa shape index (κ3) is 5.45. The number of nitrogens with one attached hydrogen (secondary N) is 1. The molecule has 0 bridgehead atoms. The molecule has 0 aliphatic carbocycles. The lowest BCUT2D eigenvalue weighted by Gasteiger charge is -2.32. The number of benzene rings is 2. The Morgan fingerprint density at radius 1 is 1.03 bits per heavy atom. The second-order valence-corrected chi connectivity index (χ2v) is 8.63. The zero-order valence-corrected chi connectivity index (χ0v) is 19.0. The molecule has 1 aliphatic rings. The molecule has 0 atom stereocenters. The topological polar surface area (TPSA) is 62.3 Å². The van der Waals surface area contributed by atoms with Crippen molar-refractivity contribution in [3.8, 4) is 0 Å². The molecule has 170 valence electrons. The molecule has 4 rings (SSSR count). The maximum Gasteiger partial charge on any atom is 0.253 e. The average Bonchev–Trinajstić information content (AvgIpc) is 2.83. The van der Waals surface area contributed by atoms with Crippen LogP contribution in [0.25, 0.3) is 0 Å². The fraction of sp³-hybridized carbons (Fsp3) is 0.296. The summed E-state index contributed by atoms with van der Waals surface area (Å²) in [5.74, 6) is -0.639. The molecular formula is C27H28FN3O2. The van der Waals surface area contributed by atoms with Gasteiger partial charge in [-0.2, -0.15) is 0 Å². The summed E-state index contributed by atoms with van der Waals surface area (Å²) >= 11 is 0. The number of piperidine rings is 1. The third-order valence-corrected chi connectivity index (χ3v) is 6.12. The Hall–Kier alpha value is -3.54. The minimum atomic E-state index is -0.416. The maximum absolute atomic E-state index is 13.5. The molecule has 1 aromatic heterocycles. The summed E-state index contributed by atoms with van der Waals surface area (Å²) in [6.45, 7) is 5.48. The van der Waals surface area contributed by atoms with E-state index in [1.165, 1.54) is 17.7 Å². The van der Waals surface area contributed by atoms with Crippen molar-refractivity contribution >= 4 is 11.8 Å². The van der Waals surface area contributed by atoms with Gasteiger partial charge in [0, 0.05) is 36.8 Å². The first kappa shape index (κ1) is 22.6. The number of carbonyl (C=O) groups is 2. The number of amides is 2. The molecule has 3 aromatic rings. The fourth-order valence-electron chi connectivity index (χ4n) is 4.22. The van der Waals surface area contributed by atoms with E-state index in [9.17, 15) is 14.0 Å². The maximum atomic E-state index is 13.5. The summed E-state index contributed by atoms with van der Waals surface area (Å²) in [4.78, 5) is 32.2. The van der Waals surface area contributed by atoms with Crippen molar-refractivity contribution in [2.75, 3.05) is 13.1 Å². The molecule has 0 saturated carbocycles. The smallest absolute Gasteiger partial charge is 0.253 e. The molecule has 0 radical (unpaired) electrons. The number of aromatic nitrogens is 1. The van der Waals surface area contributed by atoms with Crippen molar-refractivity contribution in [1.82, 2.24) is 15.2 Å². The molecule has 2 aromatic carbocycles. The van der Waals surface area contributed by atoms with Gasteiger partial charge in [0.25, 0.3) is 11.8 Å². The van der Waals surface area contributed by atoms with Gasteiger partial charge in [-0.15, -0.1) is 0 Å². The normalized spacial score (nSPS) is 14.2. The van der Waals surface area contributed by atoms with Crippen molar-refractivity contribution in [3.63, 3.8) is 0 Å². The van der Waals surface area contributed by atoms with Crippen LogP contribution in [0.4, 0.5) is 4.39 Å². The number of rotatable bonds is 5. The van der Waals surface area contributed by atoms with Gasteiger partial charge in [0.2, 0.25) is 0 Å². The van der Waals surface area contributed by atoms with Crippen molar-refractivity contribution in [2.24, 2.45) is 0 Å². The van der Waals surface area contributed by atoms with E-state index in [4.69, 9.17) is 4.98 Å². The summed E-state index contributed by atoms with van der Waals surface area (Å²) in [6, 6.07) is 17.6. The molecular weight excluding hydrogens is 417 g/mol. The molecule has 0 spiro atoms. The lowest BCUT2D eigenvalue weighted by Crippen LogP contribution is -2.38. The molecule has 0 unspecified atom stereocenters. The van der Waals surface area contributed by atoms with Crippen LogP contribution in [0.3, 0.4) is 0 Å². The van der Waals surface area contributed by atoms with Crippen LogP contribution in [0.2, 0.25) is 0 Å². The van der Waals surface area contributed by atoms with Crippen LogP contribution in [0.1, 0.15) is 62.0 Å². The van der Waals surface area contributed by atoms with E-state index in [0.717, 1.165) is 17.0 Å². The number of carbonyl (C=O) groups excluding carboxylic acids is 2. The molecule has 1 aliphatic heterocycles. The number of aryl methyl sites for hydroxylation is 2. The van der Waals surface area contributed by atoms with Crippen molar-refractivity contribution in [1.29, 1.82) is 0 Å². The highest BCUT2D eigenvalue weighted by atomic mass is 19.1. The predicted molar refractivity (Wildman–Crippen MR) is 126 cm³/mol. The van der Waals surface area contributed by atoms with Crippen LogP contribution < -0.4 is 5.32 Å². The summed E-state index contributed by atoms with van der Waals surface area (Å²) < 4.78 is 13.5. The Morgan fingerprint density at radius 3 is 2.45 bits per heavy atom. The monoisotopic (exact) mass is 445 g/mol. The van der Waals surface area contributed by atoms with E-state index >= 15 is 0 Å². The highest BCUT2D eigenvalue weighted by molar-refractivity contribution is 5.95. The van der Waals surface area contributed by atoms with Crippen LogP contribution in [0.5, 0.6) is 0 Å². The van der Waals surface area contributed by atoms with Gasteiger partial charge < -0.3 is 10.2 Å². The van der Waals surface area contributed by atoms with Crippen molar-refractivity contribution in [3.05, 3.63) is 100 Å². The van der Waals surface area contributed by atoms with E-state index in [2.05, 4.69) is 5.32 Å². The van der Waals surface area contributed by atoms with Gasteiger partial charge in [-0.25, -0.2) is 4.39 Å². The van der Waals surface area contributed by atoms with Gasteiger partial charge in [-0.3, -0.25) is 14.6 Å². The van der Waals surface area contributed by atoms with E-state index in [1.54, 1.807) is 17.0 Å². The highest BCUT2D eigenvalue weighted by Crippen LogP contribution is 2.30. The standard InChI is InChI=1S/C27H28FN3O2/c1-18-6-9-20(10-7-18)17-29-26(32)24-11-8-19(2)30-25(24)21-12-14-31(15-13-21)27(33)22-4-3-5-23(28)16-22/h3-11,16,21H,12-15,17H2,1-2H3,(H,29,32). The van der Waals surface area contributed by atoms with Crippen LogP contribution in [0.15, 0.2) is 60.7 Å². The zero-order valence-electron chi connectivity index (χ0n) is 19.0. The van der Waals surface area contributed by atoms with Crippen molar-refractivity contribution in [2.45, 2.75) is 39.2 Å². The molecule has 6 heteroatoms. The number of halogens is 1. The number of hydrogen-bond donors (Lipinski definition) is 1. The lowest BCUT2D eigenvalue weighted by molar-refractivity contribution is 0.0710. The van der Waals surface area contributed by atoms with E-state index in [-0.39, 0.29) is 17.7 Å². The lowest BCUT2D eigenvalue weighted by atomic mass is 9.89. The third-order valence-electron chi connectivity index (χ3n) is 6.12. The highest BCUT2D eigenvalue weighted by Gasteiger charge is 2.28. The van der Waals surface area contributed by atoms with Crippen LogP contribution in [0, 0.1) is 19.7 Å². The Kier molecular flexibility index (Phi) is 6.82. The fourth-order valence-corrected chi connectivity index (χ4v) is 4.22. The number of likely N-dealkylation sites (tertiary alicyclic amines) is 1. The minimum absolute atomic E-state index is 0.0848. The Balaban J connectivity index is 1.44. The zero-order chi connectivity index (χ0) is 23.4. The molecule has 33 heavy (non-hydrogen) atoms. The van der Waals surface area contributed by atoms with Crippen LogP contribution in [-0.2, 0) is 6.54 Å². The van der Waals surface area contributed by atoms with Crippen LogP contribution >= 0.6 is 0 Å². The first-order valence-corrected chi connectivity index (χ1v) is 11.3. The predicted octanol–water partition coefficient (Wildman–Crippen LogP) is 4.79. The molecule has 2 amide bonds. The quantitative estimate of drug-likeness (QED) is 0.614. The number of hydrogen-bond acceptors (Lipinski definition) is 3. The Morgan fingerprint density at radius 2 is 1.76 bits per heavy atom. The summed E-state index contributed by atoms with van der Waals surface area (Å²) in [6.07, 6.45) is 1.41. The first-order valence-electron chi connectivity index (χ1n) is 11.3. The van der Waals surface area contributed by atoms with E-state index in [0.29, 0.717) is 43.6 Å². The molecule has 1 N–H and O–H groups in total. The molecule has 5 nitrogen and oxygen atoms in total. The van der Waals surface area contributed by atoms with Gasteiger partial charge in [-0.1, -0.05) is 35.9 Å². The van der Waals surface area contributed by atoms with Gasteiger partial charge in [0.05, 0.1) is 11.3 Å². The second-order valence-electron chi connectivity index (χ2n) is 8.63. The summed E-state index contributed by atoms with van der Waals surface area (Å²) in [7, 11) is 0. The van der Waals surface area contributed by atoms with Crippen molar-refractivity contribution < 1.29 is 14.0 Å². The largest absolute Gasteiger partial charge is 0.348 e. The van der Waals surface area contributed by atoms with Gasteiger partial charge >= 0.3 is 0 Å². The number of pyridine rings is 1. The molecule has 1 saturated heterocycles. The van der Waals surface area contributed by atoms with Gasteiger partial charge in [0.1, 0.15) is 5.82 Å². The first-order chi connectivity index (χ1) is 15.9. The van der Waals surface area contributed by atoms with Gasteiger partial charge in [-0.05, 0) is 62.6 Å². The van der Waals surface area contributed by atoms with E-state index in [1.807, 2.05) is 50.2 Å². The molecule has 2 heterocycles. The Bertz CT molecular complexity index is 1150.